The molecule has 4 nitrogen and oxygen atoms in total. The van der Waals surface area contributed by atoms with Gasteiger partial charge in [-0.05, 0) is 0 Å². The number of ether oxygens (including phenoxy) is 1. The van der Waals surface area contributed by atoms with Gasteiger partial charge in [-0.1, -0.05) is 13.8 Å². The maximum Gasteiger partial charge on any atom is 0.308 e. The molecule has 0 bridgehead atoms. The van der Waals surface area contributed by atoms with Crippen molar-refractivity contribution >= 4 is 5.97 Å². The zero-order chi connectivity index (χ0) is 8.85. The van der Waals surface area contributed by atoms with Crippen LogP contribution in [0.3, 0.4) is 0 Å². The molecule has 0 spiro atoms. The fourth-order valence-electron chi connectivity index (χ4n) is 0.398. The number of carbonyl (C=O) groups is 1. The van der Waals surface area contributed by atoms with E-state index in [1.165, 1.54) is 0 Å². The van der Waals surface area contributed by atoms with Gasteiger partial charge in [0.15, 0.2) is 0 Å². The summed E-state index contributed by atoms with van der Waals surface area (Å²) in [5, 5.41) is 17.1. The molecule has 4 heteroatoms. The third kappa shape index (κ3) is 4.75. The van der Waals surface area contributed by atoms with Crippen LogP contribution in [-0.2, 0) is 9.53 Å². The number of esters is 1. The monoisotopic (exact) mass is 162 g/mol. The molecule has 0 saturated carbocycles. The van der Waals surface area contributed by atoms with Crippen molar-refractivity contribution in [2.24, 2.45) is 5.92 Å². The molecule has 0 rings (SSSR count). The highest BCUT2D eigenvalue weighted by Crippen LogP contribution is 1.96. The average Bonchev–Trinajstić information content (AvgIpc) is 1.99. The van der Waals surface area contributed by atoms with Crippen molar-refractivity contribution in [3.8, 4) is 0 Å². The topological polar surface area (TPSA) is 66.8 Å². The second kappa shape index (κ2) is 5.09. The van der Waals surface area contributed by atoms with Crippen LogP contribution in [0.1, 0.15) is 13.8 Å². The molecule has 0 aliphatic rings. The lowest BCUT2D eigenvalue weighted by Gasteiger charge is -2.09. The van der Waals surface area contributed by atoms with Gasteiger partial charge in [0.25, 0.3) is 0 Å². The van der Waals surface area contributed by atoms with Crippen molar-refractivity contribution in [3.63, 3.8) is 0 Å². The van der Waals surface area contributed by atoms with Gasteiger partial charge in [0, 0.05) is 0 Å². The quantitative estimate of drug-likeness (QED) is 0.549. The van der Waals surface area contributed by atoms with Gasteiger partial charge in [0.2, 0.25) is 0 Å². The van der Waals surface area contributed by atoms with Gasteiger partial charge < -0.3 is 14.9 Å². The molecule has 0 saturated heterocycles. The van der Waals surface area contributed by atoms with Gasteiger partial charge >= 0.3 is 5.97 Å². The highest BCUT2D eigenvalue weighted by Gasteiger charge is 2.10. The summed E-state index contributed by atoms with van der Waals surface area (Å²) < 4.78 is 4.61. The summed E-state index contributed by atoms with van der Waals surface area (Å²) in [7, 11) is 0. The van der Waals surface area contributed by atoms with Crippen molar-refractivity contribution in [3.05, 3.63) is 0 Å². The van der Waals surface area contributed by atoms with Gasteiger partial charge in [-0.25, -0.2) is 0 Å². The Labute approximate surface area is 65.8 Å². The second-order valence-corrected chi connectivity index (χ2v) is 2.62. The standard InChI is InChI=1S/C7H14O4/c1-5(2)7(10)11-4-6(9)3-8/h5-6,8-9H,3-4H2,1-2H3. The minimum absolute atomic E-state index is 0.131. The van der Waals surface area contributed by atoms with Gasteiger partial charge in [0.1, 0.15) is 12.7 Å². The van der Waals surface area contributed by atoms with Crippen molar-refractivity contribution in [1.82, 2.24) is 0 Å². The summed E-state index contributed by atoms with van der Waals surface area (Å²) in [6.07, 6.45) is -0.960. The lowest BCUT2D eigenvalue weighted by Crippen LogP contribution is -2.23. The Kier molecular flexibility index (Phi) is 4.81. The third-order valence-corrected chi connectivity index (χ3v) is 1.10. The summed E-state index contributed by atoms with van der Waals surface area (Å²) in [6, 6.07) is 0. The third-order valence-electron chi connectivity index (χ3n) is 1.10. The van der Waals surface area contributed by atoms with Crippen LogP contribution in [0.25, 0.3) is 0 Å². The van der Waals surface area contributed by atoms with E-state index in [4.69, 9.17) is 10.2 Å². The molecule has 0 aromatic carbocycles. The molecule has 0 fully saturated rings. The van der Waals surface area contributed by atoms with E-state index in [2.05, 4.69) is 4.74 Å². The van der Waals surface area contributed by atoms with E-state index >= 15 is 0 Å². The molecule has 0 aliphatic carbocycles. The van der Waals surface area contributed by atoms with Crippen LogP contribution in [0.15, 0.2) is 0 Å². The number of rotatable bonds is 4. The second-order valence-electron chi connectivity index (χ2n) is 2.62. The Morgan fingerprint density at radius 1 is 1.55 bits per heavy atom. The molecule has 11 heavy (non-hydrogen) atoms. The Balaban J connectivity index is 3.46. The van der Waals surface area contributed by atoms with Crippen LogP contribution < -0.4 is 0 Å². The smallest absolute Gasteiger partial charge is 0.308 e. The number of aliphatic hydroxyl groups is 2. The zero-order valence-corrected chi connectivity index (χ0v) is 6.78. The van der Waals surface area contributed by atoms with Crippen LogP contribution in [-0.4, -0.2) is 35.5 Å². The molecule has 1 unspecified atom stereocenters. The lowest BCUT2D eigenvalue weighted by atomic mass is 10.2. The van der Waals surface area contributed by atoms with Crippen molar-refractivity contribution in [2.45, 2.75) is 20.0 Å². The molecule has 1 atom stereocenters. The average molecular weight is 162 g/mol. The maximum atomic E-state index is 10.7. The number of carbonyl (C=O) groups excluding carboxylic acids is 1. The maximum absolute atomic E-state index is 10.7. The number of hydrogen-bond acceptors (Lipinski definition) is 4. The minimum atomic E-state index is -0.960. The Morgan fingerprint density at radius 3 is 2.45 bits per heavy atom. The first-order valence-electron chi connectivity index (χ1n) is 3.53. The van der Waals surface area contributed by atoms with Gasteiger partial charge in [0.05, 0.1) is 12.5 Å². The fourth-order valence-corrected chi connectivity index (χ4v) is 0.398. The highest BCUT2D eigenvalue weighted by molar-refractivity contribution is 5.71. The van der Waals surface area contributed by atoms with E-state index in [0.717, 1.165) is 0 Å². The molecule has 0 aromatic rings. The molecule has 0 aliphatic heterocycles. The van der Waals surface area contributed by atoms with Crippen LogP contribution in [0.4, 0.5) is 0 Å². The largest absolute Gasteiger partial charge is 0.463 e. The zero-order valence-electron chi connectivity index (χ0n) is 6.78. The van der Waals surface area contributed by atoms with Crippen molar-refractivity contribution in [2.75, 3.05) is 13.2 Å². The fraction of sp³-hybridized carbons (Fsp3) is 0.857. The number of hydrogen-bond donors (Lipinski definition) is 2. The van der Waals surface area contributed by atoms with E-state index in [9.17, 15) is 4.79 Å². The highest BCUT2D eigenvalue weighted by atomic mass is 16.5. The van der Waals surface area contributed by atoms with Crippen LogP contribution >= 0.6 is 0 Å². The summed E-state index contributed by atoms with van der Waals surface area (Å²) in [4.78, 5) is 10.7. The molecule has 0 aromatic heterocycles. The summed E-state index contributed by atoms with van der Waals surface area (Å²) in [5.74, 6) is -0.557. The first kappa shape index (κ1) is 10.4. The van der Waals surface area contributed by atoms with Crippen LogP contribution in [0.5, 0.6) is 0 Å². The molecule has 0 heterocycles. The van der Waals surface area contributed by atoms with Gasteiger partial charge in [-0.2, -0.15) is 0 Å². The van der Waals surface area contributed by atoms with E-state index in [-0.39, 0.29) is 25.1 Å². The molecular weight excluding hydrogens is 148 g/mol. The first-order chi connectivity index (χ1) is 5.07. The first-order valence-corrected chi connectivity index (χ1v) is 3.53. The predicted molar refractivity (Wildman–Crippen MR) is 38.9 cm³/mol. The summed E-state index contributed by atoms with van der Waals surface area (Å²) in [6.45, 7) is 2.89. The van der Waals surface area contributed by atoms with E-state index in [1.54, 1.807) is 13.8 Å². The summed E-state index contributed by atoms with van der Waals surface area (Å²) >= 11 is 0. The molecular formula is C7H14O4. The van der Waals surface area contributed by atoms with Crippen molar-refractivity contribution in [1.29, 1.82) is 0 Å². The molecule has 66 valence electrons. The normalized spacial score (nSPS) is 13.2. The van der Waals surface area contributed by atoms with E-state index < -0.39 is 6.10 Å². The summed E-state index contributed by atoms with van der Waals surface area (Å²) in [5.41, 5.74) is 0. The van der Waals surface area contributed by atoms with Gasteiger partial charge in [-0.15, -0.1) is 0 Å². The van der Waals surface area contributed by atoms with Crippen LogP contribution in [0, 0.1) is 5.92 Å². The predicted octanol–water partition coefficient (Wildman–Crippen LogP) is -0.461. The molecule has 2 N–H and O–H groups in total. The lowest BCUT2D eigenvalue weighted by molar-refractivity contribution is -0.150. The Hall–Kier alpha value is -0.610. The van der Waals surface area contributed by atoms with E-state index in [1.807, 2.05) is 0 Å². The van der Waals surface area contributed by atoms with Gasteiger partial charge in [-0.3, -0.25) is 4.79 Å². The van der Waals surface area contributed by atoms with Crippen LogP contribution in [0.2, 0.25) is 0 Å². The minimum Gasteiger partial charge on any atom is -0.463 e. The van der Waals surface area contributed by atoms with Crippen molar-refractivity contribution < 1.29 is 19.7 Å². The number of aliphatic hydroxyl groups excluding tert-OH is 2. The Morgan fingerprint density at radius 2 is 2.09 bits per heavy atom. The Bertz CT molecular complexity index is 122. The SMILES string of the molecule is CC(C)C(=O)OCC(O)CO. The molecule has 0 amide bonds. The molecule has 0 radical (unpaired) electrons. The van der Waals surface area contributed by atoms with E-state index in [0.29, 0.717) is 0 Å².